The minimum atomic E-state index is -0.0858. The summed E-state index contributed by atoms with van der Waals surface area (Å²) in [4.78, 5) is 13.5. The van der Waals surface area contributed by atoms with Gasteiger partial charge in [-0.1, -0.05) is 12.1 Å². The Bertz CT molecular complexity index is 844. The van der Waals surface area contributed by atoms with E-state index in [9.17, 15) is 4.79 Å². The van der Waals surface area contributed by atoms with E-state index >= 15 is 0 Å². The third-order valence-electron chi connectivity index (χ3n) is 3.41. The minimum absolute atomic E-state index is 0.0858. The molecule has 0 unspecified atom stereocenters. The molecule has 7 heteroatoms. The Balaban J connectivity index is 1.65. The van der Waals surface area contributed by atoms with Crippen molar-refractivity contribution < 1.29 is 9.53 Å². The molecule has 3 rings (SSSR count). The van der Waals surface area contributed by atoms with Crippen molar-refractivity contribution in [2.24, 2.45) is 0 Å². The topological polar surface area (TPSA) is 56.1 Å². The van der Waals surface area contributed by atoms with Gasteiger partial charge in [0.05, 0.1) is 26.3 Å². The van der Waals surface area contributed by atoms with Crippen LogP contribution in [0.1, 0.15) is 10.4 Å². The zero-order valence-electron chi connectivity index (χ0n) is 13.0. The number of hydrogen-bond acceptors (Lipinski definition) is 4. The Morgan fingerprint density at radius 3 is 3.00 bits per heavy atom. The van der Waals surface area contributed by atoms with Gasteiger partial charge in [0, 0.05) is 20.8 Å². The molecule has 5 nitrogen and oxygen atoms in total. The van der Waals surface area contributed by atoms with E-state index in [0.29, 0.717) is 12.4 Å². The quantitative estimate of drug-likeness (QED) is 0.675. The van der Waals surface area contributed by atoms with Gasteiger partial charge in [-0.3, -0.25) is 4.79 Å². The molecule has 2 aromatic heterocycles. The van der Waals surface area contributed by atoms with Crippen molar-refractivity contribution in [1.29, 1.82) is 0 Å². The molecule has 0 aliphatic rings. The molecule has 2 heterocycles. The smallest absolute Gasteiger partial charge is 0.229 e. The van der Waals surface area contributed by atoms with Gasteiger partial charge in [0.25, 0.3) is 0 Å². The lowest BCUT2D eigenvalue weighted by molar-refractivity contribution is -0.115. The monoisotopic (exact) mass is 405 g/mol. The standard InChI is InChI=1S/C17H16BrN3O2S/c1-23-14-4-2-3-12(7-14)8-17(22)20-16-5-6-19-21(16)10-15-9-13(18)11-24-15/h2-7,9,11H,8,10H2,1H3,(H,20,22). The highest BCUT2D eigenvalue weighted by Crippen LogP contribution is 2.22. The summed E-state index contributed by atoms with van der Waals surface area (Å²) in [5, 5.41) is 9.23. The molecule has 0 radical (unpaired) electrons. The number of ether oxygens (including phenoxy) is 1. The predicted octanol–water partition coefficient (Wildman–Crippen LogP) is 3.95. The Hall–Kier alpha value is -2.12. The van der Waals surface area contributed by atoms with Crippen molar-refractivity contribution in [1.82, 2.24) is 9.78 Å². The number of anilines is 1. The van der Waals surface area contributed by atoms with E-state index in [4.69, 9.17) is 4.74 Å². The number of methoxy groups -OCH3 is 1. The highest BCUT2D eigenvalue weighted by Gasteiger charge is 2.10. The summed E-state index contributed by atoms with van der Waals surface area (Å²) in [7, 11) is 1.61. The molecule has 0 bridgehead atoms. The normalized spacial score (nSPS) is 10.6. The largest absolute Gasteiger partial charge is 0.497 e. The summed E-state index contributed by atoms with van der Waals surface area (Å²) in [6, 6.07) is 11.3. The lowest BCUT2D eigenvalue weighted by atomic mass is 10.1. The number of nitrogens with one attached hydrogen (secondary N) is 1. The van der Waals surface area contributed by atoms with Crippen LogP contribution in [0.3, 0.4) is 0 Å². The predicted molar refractivity (Wildman–Crippen MR) is 98.7 cm³/mol. The second kappa shape index (κ2) is 7.63. The summed E-state index contributed by atoms with van der Waals surface area (Å²) < 4.78 is 8.01. The van der Waals surface area contributed by atoms with Gasteiger partial charge in [-0.25, -0.2) is 4.68 Å². The molecule has 0 spiro atoms. The van der Waals surface area contributed by atoms with E-state index in [2.05, 4.69) is 26.3 Å². The van der Waals surface area contributed by atoms with Gasteiger partial charge in [-0.05, 0) is 39.7 Å². The first-order valence-electron chi connectivity index (χ1n) is 7.31. The van der Waals surface area contributed by atoms with Crippen LogP contribution in [-0.2, 0) is 17.8 Å². The Morgan fingerprint density at radius 2 is 2.25 bits per heavy atom. The molecule has 1 aromatic carbocycles. The van der Waals surface area contributed by atoms with Crippen molar-refractivity contribution in [2.45, 2.75) is 13.0 Å². The van der Waals surface area contributed by atoms with Crippen molar-refractivity contribution in [3.63, 3.8) is 0 Å². The van der Waals surface area contributed by atoms with Crippen LogP contribution in [0.4, 0.5) is 5.82 Å². The number of halogens is 1. The molecular formula is C17H16BrN3O2S. The van der Waals surface area contributed by atoms with Gasteiger partial charge in [0.15, 0.2) is 0 Å². The Kier molecular flexibility index (Phi) is 5.32. The molecule has 0 atom stereocenters. The zero-order chi connectivity index (χ0) is 16.9. The number of carbonyl (C=O) groups is 1. The molecule has 0 fully saturated rings. The van der Waals surface area contributed by atoms with Crippen LogP contribution in [0.2, 0.25) is 0 Å². The maximum Gasteiger partial charge on any atom is 0.229 e. The zero-order valence-corrected chi connectivity index (χ0v) is 15.4. The number of benzene rings is 1. The number of rotatable bonds is 6. The van der Waals surface area contributed by atoms with E-state index in [1.807, 2.05) is 35.7 Å². The summed E-state index contributed by atoms with van der Waals surface area (Å²) in [5.74, 6) is 1.35. The summed E-state index contributed by atoms with van der Waals surface area (Å²) >= 11 is 5.09. The van der Waals surface area contributed by atoms with Crippen LogP contribution in [0.5, 0.6) is 5.75 Å². The maximum absolute atomic E-state index is 12.3. The molecule has 0 aliphatic heterocycles. The van der Waals surface area contributed by atoms with E-state index < -0.39 is 0 Å². The number of thiophene rings is 1. The number of amides is 1. The second-order valence-corrected chi connectivity index (χ2v) is 7.09. The molecule has 124 valence electrons. The van der Waals surface area contributed by atoms with Crippen LogP contribution in [0.25, 0.3) is 0 Å². The molecule has 1 N–H and O–H groups in total. The molecule has 1 amide bonds. The lowest BCUT2D eigenvalue weighted by Gasteiger charge is -2.09. The average Bonchev–Trinajstić information content (AvgIpc) is 3.17. The third kappa shape index (κ3) is 4.24. The average molecular weight is 406 g/mol. The van der Waals surface area contributed by atoms with Gasteiger partial charge in [0.1, 0.15) is 11.6 Å². The molecule has 0 aliphatic carbocycles. The number of nitrogens with zero attached hydrogens (tertiary/aromatic N) is 2. The van der Waals surface area contributed by atoms with Crippen molar-refractivity contribution in [2.75, 3.05) is 12.4 Å². The summed E-state index contributed by atoms with van der Waals surface area (Å²) in [5.41, 5.74) is 0.903. The SMILES string of the molecule is COc1cccc(CC(=O)Nc2ccnn2Cc2cc(Br)cs2)c1. The number of carbonyl (C=O) groups excluding carboxylic acids is 1. The fourth-order valence-corrected chi connectivity index (χ4v) is 3.74. The van der Waals surface area contributed by atoms with E-state index in [-0.39, 0.29) is 12.3 Å². The number of hydrogen-bond donors (Lipinski definition) is 1. The van der Waals surface area contributed by atoms with Crippen LogP contribution in [0.15, 0.2) is 52.4 Å². The first kappa shape index (κ1) is 16.7. The van der Waals surface area contributed by atoms with Gasteiger partial charge in [0.2, 0.25) is 5.91 Å². The fourth-order valence-electron chi connectivity index (χ4n) is 2.30. The van der Waals surface area contributed by atoms with Crippen LogP contribution in [-0.4, -0.2) is 22.8 Å². The van der Waals surface area contributed by atoms with Crippen LogP contribution < -0.4 is 10.1 Å². The minimum Gasteiger partial charge on any atom is -0.497 e. The maximum atomic E-state index is 12.3. The fraction of sp³-hybridized carbons (Fsp3) is 0.176. The number of aromatic nitrogens is 2. The van der Waals surface area contributed by atoms with Crippen molar-refractivity contribution >= 4 is 39.0 Å². The van der Waals surface area contributed by atoms with Crippen molar-refractivity contribution in [3.8, 4) is 5.75 Å². The van der Waals surface area contributed by atoms with Gasteiger partial charge < -0.3 is 10.1 Å². The van der Waals surface area contributed by atoms with E-state index in [1.54, 1.807) is 35.4 Å². The van der Waals surface area contributed by atoms with E-state index in [1.165, 1.54) is 0 Å². The Labute approximate surface area is 152 Å². The van der Waals surface area contributed by atoms with Gasteiger partial charge in [-0.15, -0.1) is 11.3 Å². The lowest BCUT2D eigenvalue weighted by Crippen LogP contribution is -2.17. The third-order valence-corrected chi connectivity index (χ3v) is 5.09. The first-order chi connectivity index (χ1) is 11.6. The van der Waals surface area contributed by atoms with E-state index in [0.717, 1.165) is 20.7 Å². The molecule has 0 saturated heterocycles. The highest BCUT2D eigenvalue weighted by molar-refractivity contribution is 9.10. The first-order valence-corrected chi connectivity index (χ1v) is 8.99. The molecular weight excluding hydrogens is 390 g/mol. The van der Waals surface area contributed by atoms with Crippen LogP contribution in [0, 0.1) is 0 Å². The van der Waals surface area contributed by atoms with Crippen LogP contribution >= 0.6 is 27.3 Å². The van der Waals surface area contributed by atoms with Crippen molar-refractivity contribution in [3.05, 3.63) is 62.9 Å². The van der Waals surface area contributed by atoms with Gasteiger partial charge in [-0.2, -0.15) is 5.10 Å². The highest BCUT2D eigenvalue weighted by atomic mass is 79.9. The summed E-state index contributed by atoms with van der Waals surface area (Å²) in [6.07, 6.45) is 1.97. The molecule has 24 heavy (non-hydrogen) atoms. The molecule has 3 aromatic rings. The summed E-state index contributed by atoms with van der Waals surface area (Å²) in [6.45, 7) is 0.623. The second-order valence-electron chi connectivity index (χ2n) is 5.18. The van der Waals surface area contributed by atoms with Gasteiger partial charge >= 0.3 is 0 Å². The molecule has 0 saturated carbocycles. The Morgan fingerprint density at radius 1 is 1.38 bits per heavy atom.